The van der Waals surface area contributed by atoms with E-state index >= 15 is 0 Å². The molecule has 1 atom stereocenters. The molecule has 0 unspecified atom stereocenters. The first-order valence-corrected chi connectivity index (χ1v) is 7.61. The van der Waals surface area contributed by atoms with Gasteiger partial charge in [-0.3, -0.25) is 24.7 Å². The zero-order valence-corrected chi connectivity index (χ0v) is 14.5. The number of hydrogen-bond donors (Lipinski definition) is 2. The van der Waals surface area contributed by atoms with Gasteiger partial charge in [0.15, 0.2) is 5.82 Å². The minimum absolute atomic E-state index is 0.118. The lowest BCUT2D eigenvalue weighted by Gasteiger charge is -2.26. The number of hydrogen-bond acceptors (Lipinski definition) is 5. The van der Waals surface area contributed by atoms with Gasteiger partial charge in [-0.15, -0.1) is 0 Å². The Morgan fingerprint density at radius 3 is 2.75 bits per heavy atom. The highest BCUT2D eigenvalue weighted by Crippen LogP contribution is 2.28. The molecule has 0 aromatic carbocycles. The number of nitrogens with one attached hydrogen (secondary N) is 2. The Morgan fingerprint density at radius 2 is 2.17 bits per heavy atom. The summed E-state index contributed by atoms with van der Waals surface area (Å²) in [5.41, 5.74) is 0.594. The van der Waals surface area contributed by atoms with Crippen LogP contribution in [0.25, 0.3) is 0 Å². The highest BCUT2D eigenvalue weighted by atomic mass is 16.6. The molecule has 2 heterocycles. The molecule has 0 radical (unpaired) electrons. The first kappa shape index (κ1) is 17.6. The van der Waals surface area contributed by atoms with Gasteiger partial charge in [0.2, 0.25) is 5.69 Å². The highest BCUT2D eigenvalue weighted by Gasteiger charge is 2.26. The van der Waals surface area contributed by atoms with Crippen LogP contribution in [0.3, 0.4) is 0 Å². The molecule has 0 saturated carbocycles. The lowest BCUT2D eigenvalue weighted by Crippen LogP contribution is -2.19. The van der Waals surface area contributed by atoms with Crippen molar-refractivity contribution in [1.29, 1.82) is 0 Å². The third-order valence-electron chi connectivity index (χ3n) is 4.21. The smallest absolute Gasteiger partial charge is 0.304 e. The van der Waals surface area contributed by atoms with E-state index in [4.69, 9.17) is 0 Å². The van der Waals surface area contributed by atoms with Crippen molar-refractivity contribution >= 4 is 17.4 Å². The third-order valence-corrected chi connectivity index (χ3v) is 4.21. The molecule has 1 amide bonds. The van der Waals surface area contributed by atoms with Crippen molar-refractivity contribution in [3.05, 3.63) is 33.8 Å². The number of nitrogens with zero attached hydrogens (tertiary/aromatic N) is 4. The van der Waals surface area contributed by atoms with Crippen LogP contribution >= 0.6 is 0 Å². The van der Waals surface area contributed by atoms with Crippen LogP contribution < -0.4 is 5.32 Å². The van der Waals surface area contributed by atoms with Crippen molar-refractivity contribution < 1.29 is 9.72 Å². The molecule has 9 heteroatoms. The molecule has 9 nitrogen and oxygen atoms in total. The summed E-state index contributed by atoms with van der Waals surface area (Å²) in [6.45, 7) is 8.65. The number of rotatable bonds is 5. The highest BCUT2D eigenvalue weighted by molar-refractivity contribution is 6.05. The van der Waals surface area contributed by atoms with Crippen molar-refractivity contribution in [2.75, 3.05) is 5.32 Å². The molecule has 2 N–H and O–H groups in total. The van der Waals surface area contributed by atoms with Gasteiger partial charge < -0.3 is 5.32 Å². The van der Waals surface area contributed by atoms with Crippen LogP contribution in [-0.4, -0.2) is 30.8 Å². The number of aromatic nitrogens is 4. The van der Waals surface area contributed by atoms with E-state index in [1.54, 1.807) is 6.07 Å². The Labute approximate surface area is 139 Å². The number of anilines is 1. The van der Waals surface area contributed by atoms with Crippen LogP contribution in [0.5, 0.6) is 0 Å². The average Bonchev–Trinajstić information content (AvgIpc) is 3.04. The van der Waals surface area contributed by atoms with Gasteiger partial charge in [0.25, 0.3) is 5.91 Å². The first-order valence-electron chi connectivity index (χ1n) is 7.61. The Morgan fingerprint density at radius 1 is 1.50 bits per heavy atom. The van der Waals surface area contributed by atoms with Gasteiger partial charge in [-0.2, -0.15) is 10.2 Å². The standard InChI is InChI=1S/C15H22N6O3/c1-9(15(2,3)4)6-10-7-12(19-18-10)17-14(22)13-11(21(23)24)8-16-20(13)5/h7-9H,6H2,1-5H3,(H2,17,18,19,22)/t9-/m0/s1. The second-order valence-electron chi connectivity index (χ2n) is 6.96. The van der Waals surface area contributed by atoms with Gasteiger partial charge in [0.05, 0.1) is 4.92 Å². The SMILES string of the molecule is C[C@@H](Cc1cc(NC(=O)c2c([N+](=O)[O-])cnn2C)n[nH]1)C(C)(C)C. The third kappa shape index (κ3) is 3.79. The number of carbonyl (C=O) groups excluding carboxylic acids is 1. The van der Waals surface area contributed by atoms with Gasteiger partial charge in [0, 0.05) is 18.8 Å². The van der Waals surface area contributed by atoms with E-state index < -0.39 is 10.8 Å². The van der Waals surface area contributed by atoms with Crippen LogP contribution in [0.2, 0.25) is 0 Å². The molecule has 24 heavy (non-hydrogen) atoms. The van der Waals surface area contributed by atoms with Crippen molar-refractivity contribution in [3.63, 3.8) is 0 Å². The van der Waals surface area contributed by atoms with Crippen molar-refractivity contribution in [2.24, 2.45) is 18.4 Å². The monoisotopic (exact) mass is 334 g/mol. The second-order valence-corrected chi connectivity index (χ2v) is 6.96. The normalized spacial score (nSPS) is 12.9. The molecule has 0 spiro atoms. The molecule has 0 aliphatic rings. The number of carbonyl (C=O) groups is 1. The van der Waals surface area contributed by atoms with E-state index in [2.05, 4.69) is 48.3 Å². The van der Waals surface area contributed by atoms with Crippen LogP contribution in [-0.2, 0) is 13.5 Å². The predicted octanol–water partition coefficient (Wildman–Crippen LogP) is 2.53. The molecule has 0 fully saturated rings. The number of amides is 1. The molecular weight excluding hydrogens is 312 g/mol. The van der Waals surface area contributed by atoms with Crippen LogP contribution in [0.15, 0.2) is 12.3 Å². The lowest BCUT2D eigenvalue weighted by atomic mass is 9.79. The maximum absolute atomic E-state index is 12.3. The molecule has 130 valence electrons. The van der Waals surface area contributed by atoms with Crippen LogP contribution in [0.4, 0.5) is 11.5 Å². The fourth-order valence-corrected chi connectivity index (χ4v) is 2.16. The quantitative estimate of drug-likeness (QED) is 0.643. The summed E-state index contributed by atoms with van der Waals surface area (Å²) in [4.78, 5) is 22.6. The van der Waals surface area contributed by atoms with Crippen LogP contribution in [0.1, 0.15) is 43.9 Å². The van der Waals surface area contributed by atoms with Gasteiger partial charge in [-0.25, -0.2) is 0 Å². The fourth-order valence-electron chi connectivity index (χ4n) is 2.16. The second kappa shape index (κ2) is 6.42. The minimum atomic E-state index is -0.636. The molecule has 2 rings (SSSR count). The summed E-state index contributed by atoms with van der Waals surface area (Å²) in [7, 11) is 1.48. The maximum atomic E-state index is 12.3. The number of aryl methyl sites for hydroxylation is 1. The number of nitro groups is 1. The molecule has 0 saturated heterocycles. The molecule has 0 aliphatic heterocycles. The zero-order chi connectivity index (χ0) is 18.1. The Bertz CT molecular complexity index is 756. The van der Waals surface area contributed by atoms with E-state index in [1.165, 1.54) is 11.7 Å². The number of H-pyrrole nitrogens is 1. The van der Waals surface area contributed by atoms with Gasteiger partial charge in [0.1, 0.15) is 6.20 Å². The summed E-state index contributed by atoms with van der Waals surface area (Å²) in [5.74, 6) is 0.120. The van der Waals surface area contributed by atoms with Crippen molar-refractivity contribution in [2.45, 2.75) is 34.1 Å². The van der Waals surface area contributed by atoms with E-state index in [9.17, 15) is 14.9 Å². The largest absolute Gasteiger partial charge is 0.320 e. The van der Waals surface area contributed by atoms with Gasteiger partial charge >= 0.3 is 5.69 Å². The number of aromatic amines is 1. The molecule has 2 aromatic rings. The van der Waals surface area contributed by atoms with Gasteiger partial charge in [-0.05, 0) is 17.8 Å². The van der Waals surface area contributed by atoms with Crippen molar-refractivity contribution in [3.8, 4) is 0 Å². The summed E-state index contributed by atoms with van der Waals surface area (Å²) in [6.07, 6.45) is 1.84. The summed E-state index contributed by atoms with van der Waals surface area (Å²) >= 11 is 0. The summed E-state index contributed by atoms with van der Waals surface area (Å²) in [5, 5.41) is 24.2. The summed E-state index contributed by atoms with van der Waals surface area (Å²) < 4.78 is 1.17. The predicted molar refractivity (Wildman–Crippen MR) is 88.7 cm³/mol. The fraction of sp³-hybridized carbons (Fsp3) is 0.533. The molecular formula is C15H22N6O3. The van der Waals surface area contributed by atoms with Gasteiger partial charge in [-0.1, -0.05) is 27.7 Å². The van der Waals surface area contributed by atoms with Crippen LogP contribution in [0, 0.1) is 21.4 Å². The molecule has 0 bridgehead atoms. The topological polar surface area (TPSA) is 119 Å². The summed E-state index contributed by atoms with van der Waals surface area (Å²) in [6, 6.07) is 1.74. The Kier molecular flexibility index (Phi) is 4.72. The molecule has 2 aromatic heterocycles. The molecule has 0 aliphatic carbocycles. The first-order chi connectivity index (χ1) is 11.1. The average molecular weight is 334 g/mol. The zero-order valence-electron chi connectivity index (χ0n) is 14.5. The van der Waals surface area contributed by atoms with Crippen molar-refractivity contribution in [1.82, 2.24) is 20.0 Å². The Balaban J connectivity index is 2.12. The minimum Gasteiger partial charge on any atom is -0.304 e. The lowest BCUT2D eigenvalue weighted by molar-refractivity contribution is -0.385. The Hall–Kier alpha value is -2.71. The van der Waals surface area contributed by atoms with E-state index in [-0.39, 0.29) is 16.8 Å². The van der Waals surface area contributed by atoms with E-state index in [0.717, 1.165) is 18.3 Å². The van der Waals surface area contributed by atoms with E-state index in [0.29, 0.717) is 11.7 Å². The maximum Gasteiger partial charge on any atom is 0.320 e. The van der Waals surface area contributed by atoms with E-state index in [1.807, 2.05) is 0 Å².